The molecule has 1 aromatic rings. The molecule has 0 fully saturated rings. The second kappa shape index (κ2) is 7.07. The first-order chi connectivity index (χ1) is 10.1. The molecule has 2 rings (SSSR count). The maximum absolute atomic E-state index is 11.9. The molecule has 0 saturated carbocycles. The van der Waals surface area contributed by atoms with Crippen LogP contribution in [0.2, 0.25) is 0 Å². The average Bonchev–Trinajstić information content (AvgIpc) is 2.97. The van der Waals surface area contributed by atoms with Crippen molar-refractivity contribution in [2.45, 2.75) is 26.2 Å². The molecule has 1 aliphatic rings. The molecular formula is C17H21NO3. The highest BCUT2D eigenvalue weighted by molar-refractivity contribution is 5.80. The van der Waals surface area contributed by atoms with Crippen LogP contribution >= 0.6 is 0 Å². The maximum Gasteiger partial charge on any atom is 0.308 e. The second-order valence-electron chi connectivity index (χ2n) is 5.61. The van der Waals surface area contributed by atoms with Gasteiger partial charge in [0, 0.05) is 12.5 Å². The Balaban J connectivity index is 1.90. The predicted octanol–water partition coefficient (Wildman–Crippen LogP) is 2.32. The van der Waals surface area contributed by atoms with Crippen molar-refractivity contribution in [2.75, 3.05) is 6.54 Å². The number of carboxylic acids is 1. The van der Waals surface area contributed by atoms with E-state index in [2.05, 4.69) is 5.32 Å². The van der Waals surface area contributed by atoms with Crippen LogP contribution in [0.1, 0.15) is 24.0 Å². The summed E-state index contributed by atoms with van der Waals surface area (Å²) in [6, 6.07) is 7.81. The number of carbonyl (C=O) groups is 2. The van der Waals surface area contributed by atoms with Gasteiger partial charge in [-0.15, -0.1) is 0 Å². The number of aliphatic carboxylic acids is 1. The average molecular weight is 287 g/mol. The van der Waals surface area contributed by atoms with E-state index in [0.29, 0.717) is 6.42 Å². The van der Waals surface area contributed by atoms with Crippen LogP contribution in [0.25, 0.3) is 0 Å². The number of allylic oxidation sites excluding steroid dienone is 2. The third kappa shape index (κ3) is 4.45. The van der Waals surface area contributed by atoms with Gasteiger partial charge in [-0.05, 0) is 31.7 Å². The summed E-state index contributed by atoms with van der Waals surface area (Å²) in [5.74, 6) is -1.54. The van der Waals surface area contributed by atoms with Crippen LogP contribution in [-0.4, -0.2) is 23.5 Å². The zero-order valence-corrected chi connectivity index (χ0v) is 12.2. The molecule has 1 aliphatic carbocycles. The topological polar surface area (TPSA) is 66.4 Å². The van der Waals surface area contributed by atoms with E-state index in [0.717, 1.165) is 24.0 Å². The van der Waals surface area contributed by atoms with Crippen molar-refractivity contribution in [2.24, 2.45) is 11.8 Å². The van der Waals surface area contributed by atoms with E-state index in [-0.39, 0.29) is 18.4 Å². The normalized spacial score (nSPS) is 15.9. The van der Waals surface area contributed by atoms with Crippen molar-refractivity contribution in [3.63, 3.8) is 0 Å². The number of nitrogens with one attached hydrogen (secondary N) is 1. The van der Waals surface area contributed by atoms with Gasteiger partial charge >= 0.3 is 5.97 Å². The van der Waals surface area contributed by atoms with Crippen molar-refractivity contribution in [1.29, 1.82) is 0 Å². The Kier molecular flexibility index (Phi) is 5.14. The first-order valence-electron chi connectivity index (χ1n) is 7.27. The Morgan fingerprint density at radius 2 is 2.05 bits per heavy atom. The molecule has 2 N–H and O–H groups in total. The molecule has 0 aromatic heterocycles. The van der Waals surface area contributed by atoms with E-state index >= 15 is 0 Å². The number of amides is 1. The smallest absolute Gasteiger partial charge is 0.308 e. The van der Waals surface area contributed by atoms with Crippen molar-refractivity contribution >= 4 is 11.9 Å². The van der Waals surface area contributed by atoms with E-state index in [1.807, 2.05) is 43.3 Å². The summed E-state index contributed by atoms with van der Waals surface area (Å²) in [4.78, 5) is 23.3. The fourth-order valence-electron chi connectivity index (χ4n) is 2.57. The summed E-state index contributed by atoms with van der Waals surface area (Å²) >= 11 is 0. The number of hydrogen-bond donors (Lipinski definition) is 2. The molecule has 0 aliphatic heterocycles. The Labute approximate surface area is 124 Å². The molecule has 0 spiro atoms. The van der Waals surface area contributed by atoms with Gasteiger partial charge in [0.1, 0.15) is 0 Å². The summed E-state index contributed by atoms with van der Waals surface area (Å²) in [6.45, 7) is 2.16. The molecule has 0 saturated heterocycles. The highest BCUT2D eigenvalue weighted by atomic mass is 16.4. The monoisotopic (exact) mass is 287 g/mol. The lowest BCUT2D eigenvalue weighted by atomic mass is 9.97. The third-order valence-electron chi connectivity index (χ3n) is 3.82. The largest absolute Gasteiger partial charge is 0.481 e. The van der Waals surface area contributed by atoms with Gasteiger partial charge in [0.25, 0.3) is 0 Å². The minimum Gasteiger partial charge on any atom is -0.481 e. The van der Waals surface area contributed by atoms with Gasteiger partial charge < -0.3 is 10.4 Å². The highest BCUT2D eigenvalue weighted by Crippen LogP contribution is 2.18. The summed E-state index contributed by atoms with van der Waals surface area (Å²) in [6.07, 6.45) is 5.92. The van der Waals surface area contributed by atoms with Gasteiger partial charge in [0.2, 0.25) is 5.91 Å². The highest BCUT2D eigenvalue weighted by Gasteiger charge is 2.23. The Morgan fingerprint density at radius 1 is 1.33 bits per heavy atom. The Morgan fingerprint density at radius 3 is 2.67 bits per heavy atom. The van der Waals surface area contributed by atoms with E-state index in [1.54, 1.807) is 0 Å². The third-order valence-corrected chi connectivity index (χ3v) is 3.82. The van der Waals surface area contributed by atoms with Crippen LogP contribution in [0.15, 0.2) is 36.4 Å². The predicted molar refractivity (Wildman–Crippen MR) is 80.9 cm³/mol. The minimum absolute atomic E-state index is 0.0292. The van der Waals surface area contributed by atoms with Crippen LogP contribution in [-0.2, 0) is 16.0 Å². The zero-order chi connectivity index (χ0) is 15.2. The van der Waals surface area contributed by atoms with Crippen LogP contribution < -0.4 is 5.32 Å². The fraction of sp³-hybridized carbons (Fsp3) is 0.412. The van der Waals surface area contributed by atoms with Crippen molar-refractivity contribution < 1.29 is 14.7 Å². The van der Waals surface area contributed by atoms with Crippen LogP contribution in [0.3, 0.4) is 0 Å². The number of benzene rings is 1. The standard InChI is InChI=1S/C17H21NO3/c1-12-5-4-6-13(9-12)10-15(17(20)21)11-18-16(19)14-7-2-3-8-14/h2-6,9,14-15H,7-8,10-11H2,1H3,(H,18,19)(H,20,21). The summed E-state index contributed by atoms with van der Waals surface area (Å²) in [5.41, 5.74) is 2.09. The van der Waals surface area contributed by atoms with Crippen LogP contribution in [0.5, 0.6) is 0 Å². The van der Waals surface area contributed by atoms with Crippen molar-refractivity contribution in [3.8, 4) is 0 Å². The SMILES string of the molecule is Cc1cccc(CC(CNC(=O)C2CC=CC2)C(=O)O)c1. The fourth-order valence-corrected chi connectivity index (χ4v) is 2.57. The summed E-state index contributed by atoms with van der Waals surface area (Å²) < 4.78 is 0. The van der Waals surface area contributed by atoms with Gasteiger partial charge in [-0.2, -0.15) is 0 Å². The second-order valence-corrected chi connectivity index (χ2v) is 5.61. The number of aryl methyl sites for hydroxylation is 1. The van der Waals surface area contributed by atoms with E-state index < -0.39 is 11.9 Å². The number of rotatable bonds is 6. The lowest BCUT2D eigenvalue weighted by Crippen LogP contribution is -2.37. The first-order valence-corrected chi connectivity index (χ1v) is 7.27. The number of hydrogen-bond acceptors (Lipinski definition) is 2. The molecule has 0 radical (unpaired) electrons. The molecule has 4 heteroatoms. The quantitative estimate of drug-likeness (QED) is 0.789. The van der Waals surface area contributed by atoms with E-state index in [1.165, 1.54) is 0 Å². The first kappa shape index (κ1) is 15.3. The summed E-state index contributed by atoms with van der Waals surface area (Å²) in [7, 11) is 0. The molecule has 1 unspecified atom stereocenters. The van der Waals surface area contributed by atoms with E-state index in [9.17, 15) is 14.7 Å². The lowest BCUT2D eigenvalue weighted by molar-refractivity contribution is -0.141. The zero-order valence-electron chi connectivity index (χ0n) is 12.2. The van der Waals surface area contributed by atoms with Gasteiger partial charge in [-0.3, -0.25) is 9.59 Å². The maximum atomic E-state index is 11.9. The Bertz CT molecular complexity index is 543. The van der Waals surface area contributed by atoms with Crippen molar-refractivity contribution in [3.05, 3.63) is 47.5 Å². The Hall–Kier alpha value is -2.10. The van der Waals surface area contributed by atoms with Gasteiger partial charge in [0.15, 0.2) is 0 Å². The summed E-state index contributed by atoms with van der Waals surface area (Å²) in [5, 5.41) is 12.1. The van der Waals surface area contributed by atoms with E-state index in [4.69, 9.17) is 0 Å². The lowest BCUT2D eigenvalue weighted by Gasteiger charge is -2.16. The van der Waals surface area contributed by atoms with Gasteiger partial charge in [-0.1, -0.05) is 42.0 Å². The molecule has 1 atom stereocenters. The molecule has 1 aromatic carbocycles. The molecule has 1 amide bonds. The number of carbonyl (C=O) groups excluding carboxylic acids is 1. The molecular weight excluding hydrogens is 266 g/mol. The van der Waals surface area contributed by atoms with Gasteiger partial charge in [-0.25, -0.2) is 0 Å². The van der Waals surface area contributed by atoms with Crippen LogP contribution in [0, 0.1) is 18.8 Å². The van der Waals surface area contributed by atoms with Crippen LogP contribution in [0.4, 0.5) is 0 Å². The minimum atomic E-state index is -0.874. The van der Waals surface area contributed by atoms with Crippen molar-refractivity contribution in [1.82, 2.24) is 5.32 Å². The molecule has 4 nitrogen and oxygen atoms in total. The molecule has 112 valence electrons. The molecule has 0 heterocycles. The van der Waals surface area contributed by atoms with Gasteiger partial charge in [0.05, 0.1) is 5.92 Å². The molecule has 0 bridgehead atoms. The number of carboxylic acid groups (broad SMARTS) is 1. The molecule has 21 heavy (non-hydrogen) atoms.